The quantitative estimate of drug-likeness (QED) is 0.584. The topological polar surface area (TPSA) is 49.3 Å². The second-order valence-electron chi connectivity index (χ2n) is 3.89. The minimum atomic E-state index is -0.125. The van der Waals surface area contributed by atoms with Gasteiger partial charge in [0.1, 0.15) is 5.78 Å². The van der Waals surface area contributed by atoms with Gasteiger partial charge in [0.15, 0.2) is 0 Å². The molecule has 1 atom stereocenters. The average molecular weight is 169 g/mol. The Labute approximate surface area is 72.2 Å². The fourth-order valence-corrected chi connectivity index (χ4v) is 2.40. The van der Waals surface area contributed by atoms with Gasteiger partial charge in [0.25, 0.3) is 0 Å². The molecule has 0 bridgehead atoms. The summed E-state index contributed by atoms with van der Waals surface area (Å²) >= 11 is 0. The van der Waals surface area contributed by atoms with E-state index in [1.165, 1.54) is 6.42 Å². The van der Waals surface area contributed by atoms with Crippen molar-refractivity contribution in [1.29, 1.82) is 0 Å². The van der Waals surface area contributed by atoms with Gasteiger partial charge in [0.05, 0.1) is 12.5 Å². The van der Waals surface area contributed by atoms with Crippen molar-refractivity contribution in [2.75, 3.05) is 13.2 Å². The van der Waals surface area contributed by atoms with Crippen LogP contribution < -0.4 is 5.32 Å². The van der Waals surface area contributed by atoms with Crippen LogP contribution in [0.3, 0.4) is 0 Å². The number of rotatable bonds is 1. The first-order valence-electron chi connectivity index (χ1n) is 4.67. The Morgan fingerprint density at radius 2 is 2.33 bits per heavy atom. The van der Waals surface area contributed by atoms with Gasteiger partial charge in [-0.25, -0.2) is 0 Å². The van der Waals surface area contributed by atoms with Gasteiger partial charge < -0.3 is 10.4 Å². The molecule has 12 heavy (non-hydrogen) atoms. The van der Waals surface area contributed by atoms with E-state index in [0.717, 1.165) is 19.4 Å². The van der Waals surface area contributed by atoms with Crippen molar-refractivity contribution < 1.29 is 9.90 Å². The molecule has 3 nitrogen and oxygen atoms in total. The van der Waals surface area contributed by atoms with E-state index in [1.54, 1.807) is 0 Å². The summed E-state index contributed by atoms with van der Waals surface area (Å²) in [6.07, 6.45) is 3.90. The van der Waals surface area contributed by atoms with Crippen molar-refractivity contribution in [2.24, 2.45) is 5.92 Å². The average Bonchev–Trinajstić information content (AvgIpc) is 2.01. The van der Waals surface area contributed by atoms with E-state index in [0.29, 0.717) is 6.42 Å². The van der Waals surface area contributed by atoms with E-state index < -0.39 is 0 Å². The van der Waals surface area contributed by atoms with Crippen molar-refractivity contribution in [3.8, 4) is 0 Å². The third-order valence-corrected chi connectivity index (χ3v) is 3.33. The fourth-order valence-electron chi connectivity index (χ4n) is 2.40. The number of carbonyl (C=O) groups excluding carboxylic acids is 1. The lowest BCUT2D eigenvalue weighted by Gasteiger charge is -2.50. The van der Waals surface area contributed by atoms with Gasteiger partial charge in [-0.3, -0.25) is 4.79 Å². The second kappa shape index (κ2) is 2.82. The molecule has 1 saturated carbocycles. The molecule has 2 aliphatic rings. The summed E-state index contributed by atoms with van der Waals surface area (Å²) in [5, 5.41) is 12.5. The maximum absolute atomic E-state index is 11.4. The minimum Gasteiger partial charge on any atom is -0.396 e. The summed E-state index contributed by atoms with van der Waals surface area (Å²) in [5.41, 5.74) is -0.00984. The summed E-state index contributed by atoms with van der Waals surface area (Å²) in [5.74, 6) is 0.121. The van der Waals surface area contributed by atoms with E-state index in [9.17, 15) is 4.79 Å². The maximum Gasteiger partial charge on any atom is 0.141 e. The van der Waals surface area contributed by atoms with Crippen molar-refractivity contribution in [1.82, 2.24) is 5.32 Å². The highest BCUT2D eigenvalue weighted by Gasteiger charge is 2.48. The molecule has 68 valence electrons. The van der Waals surface area contributed by atoms with Crippen LogP contribution >= 0.6 is 0 Å². The monoisotopic (exact) mass is 169 g/mol. The van der Waals surface area contributed by atoms with E-state index in [1.807, 2.05) is 0 Å². The number of ketones is 1. The maximum atomic E-state index is 11.4. The standard InChI is InChI=1S/C9H15NO2/c11-6-7-8(12)2-5-10-9(7)3-1-4-9/h7,10-11H,1-6H2. The lowest BCUT2D eigenvalue weighted by atomic mass is 9.65. The van der Waals surface area contributed by atoms with Crippen molar-refractivity contribution >= 4 is 5.78 Å². The molecule has 2 rings (SSSR count). The van der Waals surface area contributed by atoms with Gasteiger partial charge in [0.2, 0.25) is 0 Å². The normalized spacial score (nSPS) is 33.4. The van der Waals surface area contributed by atoms with Crippen molar-refractivity contribution in [3.05, 3.63) is 0 Å². The number of hydrogen-bond donors (Lipinski definition) is 2. The van der Waals surface area contributed by atoms with Gasteiger partial charge in [-0.05, 0) is 19.3 Å². The highest BCUT2D eigenvalue weighted by Crippen LogP contribution is 2.40. The van der Waals surface area contributed by atoms with Crippen LogP contribution in [0.2, 0.25) is 0 Å². The summed E-state index contributed by atoms with van der Waals surface area (Å²) in [7, 11) is 0. The zero-order valence-corrected chi connectivity index (χ0v) is 7.18. The van der Waals surface area contributed by atoms with Crippen LogP contribution in [-0.2, 0) is 4.79 Å². The lowest BCUT2D eigenvalue weighted by Crippen LogP contribution is -2.63. The molecule has 1 aliphatic heterocycles. The number of nitrogens with one attached hydrogen (secondary N) is 1. The molecule has 0 amide bonds. The molecule has 0 aromatic heterocycles. The number of hydrogen-bond acceptors (Lipinski definition) is 3. The number of carbonyl (C=O) groups is 1. The zero-order chi connectivity index (χ0) is 8.60. The first kappa shape index (κ1) is 8.20. The molecule has 1 unspecified atom stereocenters. The Balaban J connectivity index is 2.14. The molecule has 0 aromatic carbocycles. The van der Waals surface area contributed by atoms with Gasteiger partial charge >= 0.3 is 0 Å². The van der Waals surface area contributed by atoms with Crippen LogP contribution in [0.4, 0.5) is 0 Å². The Hall–Kier alpha value is -0.410. The van der Waals surface area contributed by atoms with Crippen LogP contribution in [-0.4, -0.2) is 29.6 Å². The van der Waals surface area contributed by atoms with Crippen molar-refractivity contribution in [3.63, 3.8) is 0 Å². The van der Waals surface area contributed by atoms with Crippen LogP contribution in [0, 0.1) is 5.92 Å². The Morgan fingerprint density at radius 3 is 2.75 bits per heavy atom. The van der Waals surface area contributed by atoms with E-state index >= 15 is 0 Å². The highest BCUT2D eigenvalue weighted by molar-refractivity contribution is 5.83. The smallest absolute Gasteiger partial charge is 0.141 e. The SMILES string of the molecule is O=C1CCNC2(CCC2)C1CO. The minimum absolute atomic E-state index is 0.00984. The molecular formula is C9H15NO2. The van der Waals surface area contributed by atoms with Gasteiger partial charge in [-0.1, -0.05) is 0 Å². The summed E-state index contributed by atoms with van der Waals surface area (Å²) in [6.45, 7) is 0.821. The highest BCUT2D eigenvalue weighted by atomic mass is 16.3. The molecule has 0 aromatic rings. The molecule has 0 radical (unpaired) electrons. The second-order valence-corrected chi connectivity index (χ2v) is 3.89. The van der Waals surface area contributed by atoms with E-state index in [2.05, 4.69) is 5.32 Å². The fraction of sp³-hybridized carbons (Fsp3) is 0.889. The van der Waals surface area contributed by atoms with Crippen molar-refractivity contribution in [2.45, 2.75) is 31.2 Å². The predicted molar refractivity (Wildman–Crippen MR) is 44.8 cm³/mol. The van der Waals surface area contributed by atoms with Gasteiger partial charge in [-0.15, -0.1) is 0 Å². The molecular weight excluding hydrogens is 154 g/mol. The number of aliphatic hydroxyl groups is 1. The third kappa shape index (κ3) is 1.00. The lowest BCUT2D eigenvalue weighted by molar-refractivity contribution is -0.132. The molecule has 2 fully saturated rings. The number of piperidine rings is 1. The zero-order valence-electron chi connectivity index (χ0n) is 7.18. The third-order valence-electron chi connectivity index (χ3n) is 3.33. The van der Waals surface area contributed by atoms with Gasteiger partial charge in [-0.2, -0.15) is 0 Å². The molecule has 1 spiro atoms. The molecule has 1 heterocycles. The number of aliphatic hydroxyl groups excluding tert-OH is 1. The molecule has 1 saturated heterocycles. The molecule has 1 aliphatic carbocycles. The van der Waals surface area contributed by atoms with Gasteiger partial charge in [0, 0.05) is 18.5 Å². The molecule has 3 heteroatoms. The Kier molecular flexibility index (Phi) is 1.93. The first-order valence-corrected chi connectivity index (χ1v) is 4.67. The summed E-state index contributed by atoms with van der Waals surface area (Å²) in [4.78, 5) is 11.4. The Morgan fingerprint density at radius 1 is 1.58 bits per heavy atom. The summed E-state index contributed by atoms with van der Waals surface area (Å²) < 4.78 is 0. The van der Waals surface area contributed by atoms with Crippen LogP contribution in [0.1, 0.15) is 25.7 Å². The van der Waals surface area contributed by atoms with Crippen LogP contribution in [0.25, 0.3) is 0 Å². The largest absolute Gasteiger partial charge is 0.396 e. The molecule has 2 N–H and O–H groups in total. The van der Waals surface area contributed by atoms with Crippen LogP contribution in [0.5, 0.6) is 0 Å². The predicted octanol–water partition coefficient (Wildman–Crippen LogP) is 0.0800. The number of Topliss-reactive ketones (excluding diaryl/α,β-unsaturated/α-hetero) is 1. The summed E-state index contributed by atoms with van der Waals surface area (Å²) in [6, 6.07) is 0. The first-order chi connectivity index (χ1) is 5.78. The van der Waals surface area contributed by atoms with Crippen LogP contribution in [0.15, 0.2) is 0 Å². The Bertz CT molecular complexity index is 199. The van der Waals surface area contributed by atoms with E-state index in [4.69, 9.17) is 5.11 Å². The van der Waals surface area contributed by atoms with E-state index in [-0.39, 0.29) is 23.8 Å².